The van der Waals surface area contributed by atoms with Crippen LogP contribution in [-0.4, -0.2) is 62.1 Å². The van der Waals surface area contributed by atoms with Crippen LogP contribution in [0.2, 0.25) is 0 Å². The molecule has 2 rings (SSSR count). The molecular weight excluding hydrogens is 264 g/mol. The summed E-state index contributed by atoms with van der Waals surface area (Å²) >= 11 is 0. The smallest absolute Gasteiger partial charge is 0.310 e. The average Bonchev–Trinajstić information content (AvgIpc) is 2.80. The van der Waals surface area contributed by atoms with E-state index >= 15 is 0 Å². The Kier molecular flexibility index (Phi) is 6.97. The van der Waals surface area contributed by atoms with Crippen molar-refractivity contribution in [3.8, 4) is 0 Å². The number of carbonyl (C=O) groups is 1. The van der Waals surface area contributed by atoms with E-state index in [0.717, 1.165) is 52.1 Å². The molecule has 0 aliphatic carbocycles. The topological polar surface area (TPSA) is 32.8 Å². The van der Waals surface area contributed by atoms with E-state index < -0.39 is 0 Å². The summed E-state index contributed by atoms with van der Waals surface area (Å²) in [5.41, 5.74) is 0. The van der Waals surface area contributed by atoms with Crippen molar-refractivity contribution in [2.75, 3.05) is 46.4 Å². The van der Waals surface area contributed by atoms with E-state index in [2.05, 4.69) is 16.7 Å². The van der Waals surface area contributed by atoms with Gasteiger partial charge < -0.3 is 14.5 Å². The van der Waals surface area contributed by atoms with Crippen LogP contribution >= 0.6 is 0 Å². The predicted molar refractivity (Wildman–Crippen MR) is 85.3 cm³/mol. The lowest BCUT2D eigenvalue weighted by atomic mass is 9.83. The summed E-state index contributed by atoms with van der Waals surface area (Å²) < 4.78 is 5.11. The van der Waals surface area contributed by atoms with Gasteiger partial charge in [-0.1, -0.05) is 19.8 Å². The average molecular weight is 296 g/mol. The van der Waals surface area contributed by atoms with Gasteiger partial charge in [0.05, 0.1) is 13.0 Å². The predicted octanol–water partition coefficient (Wildman–Crippen LogP) is 2.38. The quantitative estimate of drug-likeness (QED) is 0.729. The maximum absolute atomic E-state index is 12.3. The first kappa shape index (κ1) is 16.8. The second-order valence-corrected chi connectivity index (χ2v) is 6.62. The van der Waals surface area contributed by atoms with Crippen LogP contribution in [0.5, 0.6) is 0 Å². The van der Waals surface area contributed by atoms with Crippen molar-refractivity contribution in [2.45, 2.75) is 45.4 Å². The molecule has 21 heavy (non-hydrogen) atoms. The van der Waals surface area contributed by atoms with Gasteiger partial charge in [0.2, 0.25) is 0 Å². The van der Waals surface area contributed by atoms with E-state index in [-0.39, 0.29) is 11.9 Å². The molecule has 0 aromatic heterocycles. The minimum Gasteiger partial charge on any atom is -0.469 e. The monoisotopic (exact) mass is 296 g/mol. The fourth-order valence-corrected chi connectivity index (χ4v) is 3.84. The Labute approximate surface area is 129 Å². The third-order valence-corrected chi connectivity index (χ3v) is 5.31. The number of piperidine rings is 1. The molecule has 1 atom stereocenters. The standard InChI is InChI=1S/C17H32N2O2/c1-3-18-12-8-15(9-13-18)16(17(20)21-2)14-19-10-6-4-5-7-11-19/h15-16H,3-14H2,1-2H3. The van der Waals surface area contributed by atoms with Crippen LogP contribution in [0.4, 0.5) is 0 Å². The normalized spacial score (nSPS) is 24.5. The highest BCUT2D eigenvalue weighted by Crippen LogP contribution is 2.27. The minimum atomic E-state index is 0.00851. The largest absolute Gasteiger partial charge is 0.469 e. The molecule has 0 bridgehead atoms. The lowest BCUT2D eigenvalue weighted by Gasteiger charge is -2.36. The zero-order chi connectivity index (χ0) is 15.1. The molecule has 2 aliphatic heterocycles. The third kappa shape index (κ3) is 4.96. The van der Waals surface area contributed by atoms with Crippen molar-refractivity contribution < 1.29 is 9.53 Å². The SMILES string of the molecule is CCN1CCC(C(CN2CCCCCC2)C(=O)OC)CC1. The first-order chi connectivity index (χ1) is 10.2. The molecule has 2 aliphatic rings. The molecule has 0 N–H and O–H groups in total. The lowest BCUT2D eigenvalue weighted by Crippen LogP contribution is -2.43. The Balaban J connectivity index is 1.92. The minimum absolute atomic E-state index is 0.00851. The first-order valence-corrected chi connectivity index (χ1v) is 8.77. The molecule has 0 aromatic rings. The van der Waals surface area contributed by atoms with Crippen LogP contribution in [0.1, 0.15) is 45.4 Å². The first-order valence-electron chi connectivity index (χ1n) is 8.77. The highest BCUT2D eigenvalue weighted by Gasteiger charge is 2.33. The van der Waals surface area contributed by atoms with Crippen LogP contribution in [0.3, 0.4) is 0 Å². The van der Waals surface area contributed by atoms with E-state index in [1.54, 1.807) is 7.11 Å². The van der Waals surface area contributed by atoms with Crippen molar-refractivity contribution >= 4 is 5.97 Å². The van der Waals surface area contributed by atoms with E-state index in [1.165, 1.54) is 25.7 Å². The summed E-state index contributed by atoms with van der Waals surface area (Å²) in [5, 5.41) is 0. The van der Waals surface area contributed by atoms with Crippen LogP contribution in [-0.2, 0) is 9.53 Å². The van der Waals surface area contributed by atoms with Gasteiger partial charge in [-0.3, -0.25) is 4.79 Å². The fourth-order valence-electron chi connectivity index (χ4n) is 3.84. The number of methoxy groups -OCH3 is 1. The highest BCUT2D eigenvalue weighted by atomic mass is 16.5. The number of rotatable bonds is 5. The summed E-state index contributed by atoms with van der Waals surface area (Å²) in [6.45, 7) is 8.83. The van der Waals surface area contributed by atoms with Gasteiger partial charge in [0.25, 0.3) is 0 Å². The van der Waals surface area contributed by atoms with Gasteiger partial charge >= 0.3 is 5.97 Å². The van der Waals surface area contributed by atoms with Gasteiger partial charge in [0.1, 0.15) is 0 Å². The Morgan fingerprint density at radius 2 is 1.67 bits per heavy atom. The second-order valence-electron chi connectivity index (χ2n) is 6.62. The third-order valence-electron chi connectivity index (χ3n) is 5.31. The molecule has 0 saturated carbocycles. The van der Waals surface area contributed by atoms with E-state index in [0.29, 0.717) is 5.92 Å². The van der Waals surface area contributed by atoms with Crippen LogP contribution in [0.25, 0.3) is 0 Å². The summed E-state index contributed by atoms with van der Waals surface area (Å²) in [6, 6.07) is 0. The van der Waals surface area contributed by atoms with Crippen molar-refractivity contribution in [2.24, 2.45) is 11.8 Å². The molecule has 0 radical (unpaired) electrons. The molecular formula is C17H32N2O2. The summed E-state index contributed by atoms with van der Waals surface area (Å²) in [6.07, 6.45) is 7.52. The van der Waals surface area contributed by atoms with Crippen LogP contribution in [0.15, 0.2) is 0 Å². The van der Waals surface area contributed by atoms with Crippen molar-refractivity contribution in [1.82, 2.24) is 9.80 Å². The van der Waals surface area contributed by atoms with Crippen LogP contribution < -0.4 is 0 Å². The van der Waals surface area contributed by atoms with Gasteiger partial charge in [0, 0.05) is 6.54 Å². The van der Waals surface area contributed by atoms with E-state index in [4.69, 9.17) is 4.74 Å². The number of likely N-dealkylation sites (tertiary alicyclic amines) is 2. The number of esters is 1. The zero-order valence-corrected chi connectivity index (χ0v) is 13.9. The van der Waals surface area contributed by atoms with Gasteiger partial charge in [0.15, 0.2) is 0 Å². The molecule has 4 heteroatoms. The molecule has 2 heterocycles. The lowest BCUT2D eigenvalue weighted by molar-refractivity contribution is -0.149. The maximum Gasteiger partial charge on any atom is 0.310 e. The van der Waals surface area contributed by atoms with E-state index in [9.17, 15) is 4.79 Å². The maximum atomic E-state index is 12.3. The van der Waals surface area contributed by atoms with Gasteiger partial charge in [-0.2, -0.15) is 0 Å². The van der Waals surface area contributed by atoms with Gasteiger partial charge in [-0.05, 0) is 64.3 Å². The summed E-state index contributed by atoms with van der Waals surface area (Å²) in [4.78, 5) is 17.2. The summed E-state index contributed by atoms with van der Waals surface area (Å²) in [7, 11) is 1.54. The number of hydrogen-bond acceptors (Lipinski definition) is 4. The molecule has 0 amide bonds. The molecule has 0 spiro atoms. The van der Waals surface area contributed by atoms with Gasteiger partial charge in [-0.15, -0.1) is 0 Å². The Morgan fingerprint density at radius 1 is 1.05 bits per heavy atom. The molecule has 4 nitrogen and oxygen atoms in total. The van der Waals surface area contributed by atoms with Gasteiger partial charge in [-0.25, -0.2) is 0 Å². The van der Waals surface area contributed by atoms with Crippen LogP contribution in [0, 0.1) is 11.8 Å². The van der Waals surface area contributed by atoms with E-state index in [1.807, 2.05) is 0 Å². The Hall–Kier alpha value is -0.610. The fraction of sp³-hybridized carbons (Fsp3) is 0.941. The van der Waals surface area contributed by atoms with Crippen molar-refractivity contribution in [1.29, 1.82) is 0 Å². The Morgan fingerprint density at radius 3 is 2.19 bits per heavy atom. The molecule has 122 valence electrons. The molecule has 0 aromatic carbocycles. The number of hydrogen-bond donors (Lipinski definition) is 0. The zero-order valence-electron chi connectivity index (χ0n) is 13.9. The molecule has 1 unspecified atom stereocenters. The molecule has 2 saturated heterocycles. The van der Waals surface area contributed by atoms with Crippen molar-refractivity contribution in [3.05, 3.63) is 0 Å². The number of ether oxygens (including phenoxy) is 1. The Bertz CT molecular complexity index is 306. The number of carbonyl (C=O) groups excluding carboxylic acids is 1. The number of nitrogens with zero attached hydrogens (tertiary/aromatic N) is 2. The second kappa shape index (κ2) is 8.74. The summed E-state index contributed by atoms with van der Waals surface area (Å²) in [5.74, 6) is 0.588. The highest BCUT2D eigenvalue weighted by molar-refractivity contribution is 5.73. The van der Waals surface area contributed by atoms with Crippen molar-refractivity contribution in [3.63, 3.8) is 0 Å². The molecule has 2 fully saturated rings.